The van der Waals surface area contributed by atoms with Crippen LogP contribution in [-0.2, 0) is 16.6 Å². The molecule has 7 nitrogen and oxygen atoms in total. The van der Waals surface area contributed by atoms with E-state index in [0.717, 1.165) is 6.54 Å². The van der Waals surface area contributed by atoms with E-state index in [2.05, 4.69) is 78.0 Å². The predicted octanol–water partition coefficient (Wildman–Crippen LogP) is 4.01. The quantitative estimate of drug-likeness (QED) is 0.476. The lowest BCUT2D eigenvalue weighted by Gasteiger charge is -2.35. The molecule has 2 saturated heterocycles. The Morgan fingerprint density at radius 2 is 1.62 bits per heavy atom. The molecule has 2 unspecified atom stereocenters. The fourth-order valence-corrected chi connectivity index (χ4v) is 7.01. The van der Waals surface area contributed by atoms with E-state index in [4.69, 9.17) is 0 Å². The summed E-state index contributed by atoms with van der Waals surface area (Å²) in [5.74, 6) is 0.206. The highest BCUT2D eigenvalue weighted by molar-refractivity contribution is 7.88. The average molecular weight is 539 g/mol. The number of likely N-dealkylation sites (tertiary alicyclic amines) is 1. The maximum atomic E-state index is 13.5. The topological polar surface area (TPSA) is 64.2 Å². The minimum atomic E-state index is -3.23. The first kappa shape index (κ1) is 25.9. The van der Waals surface area contributed by atoms with Crippen molar-refractivity contribution in [2.45, 2.75) is 18.5 Å². The van der Waals surface area contributed by atoms with Gasteiger partial charge in [0.05, 0.1) is 6.26 Å². The highest BCUT2D eigenvalue weighted by Gasteiger charge is 2.40. The van der Waals surface area contributed by atoms with Gasteiger partial charge in [0.2, 0.25) is 10.0 Å². The van der Waals surface area contributed by atoms with Gasteiger partial charge in [0.25, 0.3) is 0 Å². The highest BCUT2D eigenvalue weighted by atomic mass is 32.2. The molecule has 0 N–H and O–H groups in total. The van der Waals surface area contributed by atoms with Crippen LogP contribution >= 0.6 is 11.3 Å². The van der Waals surface area contributed by atoms with Crippen LogP contribution in [0.25, 0.3) is 10.4 Å². The van der Waals surface area contributed by atoms with Crippen LogP contribution in [0.4, 0.5) is 4.79 Å². The summed E-state index contributed by atoms with van der Waals surface area (Å²) < 4.78 is 25.2. The molecule has 2 aliphatic rings. The standard InChI is InChI=1S/C28H34N4O3S2/c1-29(19-22-10-12-24(13-11-22)27-9-6-18-36-27)26-21-31(20-25(26)23-7-4-3-5-8-23)28(33)30-14-16-32(17-15-30)37(2,34)35/h3-13,18,25-26H,14-17,19-21H2,1-2H3. The Morgan fingerprint density at radius 3 is 2.24 bits per heavy atom. The molecule has 3 aromatic rings. The molecule has 0 spiro atoms. The molecule has 37 heavy (non-hydrogen) atoms. The van der Waals surface area contributed by atoms with E-state index in [9.17, 15) is 13.2 Å². The molecule has 3 heterocycles. The number of likely N-dealkylation sites (N-methyl/N-ethyl adjacent to an activating group) is 1. The lowest BCUT2D eigenvalue weighted by molar-refractivity contribution is 0.138. The third-order valence-corrected chi connectivity index (χ3v) is 9.75. The van der Waals surface area contributed by atoms with Gasteiger partial charge < -0.3 is 9.80 Å². The third-order valence-electron chi connectivity index (χ3n) is 7.52. The Morgan fingerprint density at radius 1 is 0.919 bits per heavy atom. The van der Waals surface area contributed by atoms with Crippen LogP contribution in [0.2, 0.25) is 0 Å². The second-order valence-corrected chi connectivity index (χ2v) is 12.9. The van der Waals surface area contributed by atoms with E-state index in [0.29, 0.717) is 39.3 Å². The first-order valence-corrected chi connectivity index (χ1v) is 15.4. The van der Waals surface area contributed by atoms with E-state index in [-0.39, 0.29) is 18.0 Å². The number of urea groups is 1. The Hall–Kier alpha value is -2.72. The molecule has 0 aliphatic carbocycles. The monoisotopic (exact) mass is 538 g/mol. The number of carbonyl (C=O) groups is 1. The fourth-order valence-electron chi connectivity index (χ4n) is 5.45. The van der Waals surface area contributed by atoms with Crippen molar-refractivity contribution in [1.82, 2.24) is 19.0 Å². The van der Waals surface area contributed by atoms with Crippen molar-refractivity contribution in [2.24, 2.45) is 0 Å². The van der Waals surface area contributed by atoms with Gasteiger partial charge in [0.15, 0.2) is 0 Å². The van der Waals surface area contributed by atoms with Gasteiger partial charge in [0, 0.05) is 62.7 Å². The second-order valence-electron chi connectivity index (χ2n) is 10.0. The molecule has 0 saturated carbocycles. The maximum Gasteiger partial charge on any atom is 0.320 e. The van der Waals surface area contributed by atoms with E-state index >= 15 is 0 Å². The van der Waals surface area contributed by atoms with Crippen molar-refractivity contribution in [3.8, 4) is 10.4 Å². The number of sulfonamides is 1. The van der Waals surface area contributed by atoms with Crippen LogP contribution in [0.3, 0.4) is 0 Å². The van der Waals surface area contributed by atoms with E-state index in [1.165, 1.54) is 32.1 Å². The highest BCUT2D eigenvalue weighted by Crippen LogP contribution is 2.33. The van der Waals surface area contributed by atoms with Gasteiger partial charge in [-0.15, -0.1) is 11.3 Å². The molecular formula is C28H34N4O3S2. The van der Waals surface area contributed by atoms with Crippen LogP contribution in [0.15, 0.2) is 72.1 Å². The average Bonchev–Trinajstić information content (AvgIpc) is 3.60. The van der Waals surface area contributed by atoms with Crippen molar-refractivity contribution < 1.29 is 13.2 Å². The minimum absolute atomic E-state index is 0.00489. The normalized spacial score (nSPS) is 21.1. The largest absolute Gasteiger partial charge is 0.322 e. The van der Waals surface area contributed by atoms with Gasteiger partial charge in [-0.25, -0.2) is 13.2 Å². The molecule has 2 atom stereocenters. The Kier molecular flexibility index (Phi) is 7.67. The van der Waals surface area contributed by atoms with Crippen LogP contribution < -0.4 is 0 Å². The van der Waals surface area contributed by atoms with E-state index < -0.39 is 10.0 Å². The van der Waals surface area contributed by atoms with E-state index in [1.807, 2.05) is 11.0 Å². The van der Waals surface area contributed by atoms with Gasteiger partial charge in [-0.05, 0) is 35.2 Å². The number of carbonyl (C=O) groups excluding carboxylic acids is 1. The molecule has 2 fully saturated rings. The van der Waals surface area contributed by atoms with Gasteiger partial charge >= 0.3 is 6.03 Å². The number of hydrogen-bond acceptors (Lipinski definition) is 5. The summed E-state index contributed by atoms with van der Waals surface area (Å²) in [6.45, 7) is 3.66. The van der Waals surface area contributed by atoms with Crippen molar-refractivity contribution in [3.63, 3.8) is 0 Å². The third kappa shape index (κ3) is 5.90. The van der Waals surface area contributed by atoms with Crippen LogP contribution in [0.1, 0.15) is 17.0 Å². The summed E-state index contributed by atoms with van der Waals surface area (Å²) >= 11 is 1.75. The summed E-state index contributed by atoms with van der Waals surface area (Å²) in [5, 5.41) is 2.10. The molecule has 0 bridgehead atoms. The van der Waals surface area contributed by atoms with Crippen molar-refractivity contribution in [1.29, 1.82) is 0 Å². The number of hydrogen-bond donors (Lipinski definition) is 0. The van der Waals surface area contributed by atoms with Crippen LogP contribution in [-0.4, -0.2) is 92.1 Å². The van der Waals surface area contributed by atoms with Crippen LogP contribution in [0.5, 0.6) is 0 Å². The van der Waals surface area contributed by atoms with Gasteiger partial charge in [-0.1, -0.05) is 60.7 Å². The fraction of sp³-hybridized carbons (Fsp3) is 0.393. The van der Waals surface area contributed by atoms with Gasteiger partial charge in [0.1, 0.15) is 0 Å². The molecule has 5 rings (SSSR count). The summed E-state index contributed by atoms with van der Waals surface area (Å²) in [5.41, 5.74) is 3.72. The Bertz CT molecular complexity index is 1290. The van der Waals surface area contributed by atoms with Gasteiger partial charge in [-0.2, -0.15) is 4.31 Å². The molecule has 9 heteroatoms. The zero-order chi connectivity index (χ0) is 26.0. The molecule has 2 aliphatic heterocycles. The predicted molar refractivity (Wildman–Crippen MR) is 149 cm³/mol. The number of piperazine rings is 1. The number of benzene rings is 2. The lowest BCUT2D eigenvalue weighted by atomic mass is 9.93. The van der Waals surface area contributed by atoms with Crippen molar-refractivity contribution >= 4 is 27.4 Å². The number of rotatable bonds is 6. The number of amides is 2. The summed E-state index contributed by atoms with van der Waals surface area (Å²) in [6.07, 6.45) is 1.23. The number of thiophene rings is 1. The molecule has 2 amide bonds. The Labute approximate surface area is 224 Å². The molecule has 1 aromatic heterocycles. The summed E-state index contributed by atoms with van der Waals surface area (Å²) in [4.78, 5) is 20.9. The minimum Gasteiger partial charge on any atom is -0.322 e. The summed E-state index contributed by atoms with van der Waals surface area (Å²) in [6, 6.07) is 23.6. The van der Waals surface area contributed by atoms with Crippen molar-refractivity contribution in [2.75, 3.05) is 52.6 Å². The van der Waals surface area contributed by atoms with Crippen molar-refractivity contribution in [3.05, 3.63) is 83.2 Å². The van der Waals surface area contributed by atoms with E-state index in [1.54, 1.807) is 16.2 Å². The summed E-state index contributed by atoms with van der Waals surface area (Å²) in [7, 11) is -1.08. The zero-order valence-corrected chi connectivity index (χ0v) is 23.0. The molecule has 196 valence electrons. The second kappa shape index (κ2) is 10.9. The maximum absolute atomic E-state index is 13.5. The zero-order valence-electron chi connectivity index (χ0n) is 21.4. The van der Waals surface area contributed by atoms with Crippen LogP contribution in [0, 0.1) is 0 Å². The smallest absolute Gasteiger partial charge is 0.320 e. The molecular weight excluding hydrogens is 504 g/mol. The molecule has 0 radical (unpaired) electrons. The Balaban J connectivity index is 1.29. The first-order chi connectivity index (χ1) is 17.8. The molecule has 2 aromatic carbocycles. The SMILES string of the molecule is CN(Cc1ccc(-c2cccs2)cc1)C1CN(C(=O)N2CCN(S(C)(=O)=O)CC2)CC1c1ccccc1. The van der Waals surface area contributed by atoms with Gasteiger partial charge in [-0.3, -0.25) is 4.90 Å². The lowest BCUT2D eigenvalue weighted by Crippen LogP contribution is -2.53. The first-order valence-electron chi connectivity index (χ1n) is 12.7. The number of nitrogens with zero attached hydrogens (tertiary/aromatic N) is 4.